The van der Waals surface area contributed by atoms with E-state index < -0.39 is 0 Å². The van der Waals surface area contributed by atoms with Crippen molar-refractivity contribution < 1.29 is 0 Å². The predicted octanol–water partition coefficient (Wildman–Crippen LogP) is 3.48. The Labute approximate surface area is 162 Å². The highest BCUT2D eigenvalue weighted by Crippen LogP contribution is 2.23. The van der Waals surface area contributed by atoms with Gasteiger partial charge in [-0.05, 0) is 42.3 Å². The van der Waals surface area contributed by atoms with Crippen molar-refractivity contribution in [2.45, 2.75) is 13.3 Å². The first-order valence-electron chi connectivity index (χ1n) is 9.07. The highest BCUT2D eigenvalue weighted by atomic mass is 15.3. The molecule has 4 aromatic rings. The Bertz CT molecular complexity index is 1090. The molecule has 8 nitrogen and oxygen atoms in total. The summed E-state index contributed by atoms with van der Waals surface area (Å²) in [5, 5.41) is 12.9. The molecule has 0 radical (unpaired) electrons. The van der Waals surface area contributed by atoms with Gasteiger partial charge in [-0.3, -0.25) is 10.4 Å². The van der Waals surface area contributed by atoms with Crippen molar-refractivity contribution in [3.63, 3.8) is 0 Å². The molecule has 2 N–H and O–H groups in total. The SMILES string of the molecule is CCCNc1cccc(-n2ncc3c(N/N=C/c4ccncc4)ncnc32)c1. The summed E-state index contributed by atoms with van der Waals surface area (Å²) in [7, 11) is 0. The van der Waals surface area contributed by atoms with Crippen molar-refractivity contribution >= 4 is 28.8 Å². The number of fused-ring (bicyclic) bond motifs is 1. The quantitative estimate of drug-likeness (QED) is 0.381. The molecule has 0 aliphatic carbocycles. The zero-order valence-electron chi connectivity index (χ0n) is 15.4. The Morgan fingerprint density at radius 2 is 2.04 bits per heavy atom. The van der Waals surface area contributed by atoms with Crippen molar-refractivity contribution in [2.24, 2.45) is 5.10 Å². The fraction of sp³-hybridized carbons (Fsp3) is 0.150. The van der Waals surface area contributed by atoms with Crippen LogP contribution < -0.4 is 10.7 Å². The van der Waals surface area contributed by atoms with Gasteiger partial charge in [-0.2, -0.15) is 10.2 Å². The largest absolute Gasteiger partial charge is 0.385 e. The lowest BCUT2D eigenvalue weighted by atomic mass is 10.2. The maximum atomic E-state index is 4.50. The smallest absolute Gasteiger partial charge is 0.168 e. The van der Waals surface area contributed by atoms with Crippen molar-refractivity contribution in [3.8, 4) is 5.69 Å². The van der Waals surface area contributed by atoms with E-state index in [4.69, 9.17) is 0 Å². The van der Waals surface area contributed by atoms with Gasteiger partial charge in [0.2, 0.25) is 0 Å². The van der Waals surface area contributed by atoms with Crippen molar-refractivity contribution in [3.05, 3.63) is 66.9 Å². The number of nitrogens with zero attached hydrogens (tertiary/aromatic N) is 6. The number of aromatic nitrogens is 5. The molecule has 0 aliphatic rings. The third-order valence-corrected chi connectivity index (χ3v) is 4.13. The highest BCUT2D eigenvalue weighted by molar-refractivity contribution is 5.88. The van der Waals surface area contributed by atoms with Gasteiger partial charge >= 0.3 is 0 Å². The molecule has 3 aromatic heterocycles. The van der Waals surface area contributed by atoms with Crippen LogP contribution in [0.2, 0.25) is 0 Å². The van der Waals surface area contributed by atoms with E-state index in [1.807, 2.05) is 30.3 Å². The molecular weight excluding hydrogens is 352 g/mol. The van der Waals surface area contributed by atoms with Gasteiger partial charge in [0.05, 0.1) is 23.5 Å². The number of hydrogen-bond donors (Lipinski definition) is 2. The van der Waals surface area contributed by atoms with Crippen LogP contribution >= 0.6 is 0 Å². The standard InChI is InChI=1S/C20H20N8/c1-2-8-22-16-4-3-5-17(11-16)28-20-18(13-26-28)19(23-14-24-20)27-25-12-15-6-9-21-10-7-15/h3-7,9-14,22H,2,8H2,1H3,(H,23,24,27)/b25-12+. The monoisotopic (exact) mass is 372 g/mol. The lowest BCUT2D eigenvalue weighted by molar-refractivity contribution is 0.894. The average Bonchev–Trinajstić information content (AvgIpc) is 3.18. The number of rotatable bonds is 7. The Morgan fingerprint density at radius 3 is 2.89 bits per heavy atom. The molecule has 4 rings (SSSR count). The molecule has 0 aliphatic heterocycles. The minimum absolute atomic E-state index is 0.599. The zero-order valence-corrected chi connectivity index (χ0v) is 15.4. The fourth-order valence-electron chi connectivity index (χ4n) is 2.76. The van der Waals surface area contributed by atoms with Crippen LogP contribution in [-0.2, 0) is 0 Å². The van der Waals surface area contributed by atoms with Crippen LogP contribution in [0.4, 0.5) is 11.5 Å². The van der Waals surface area contributed by atoms with E-state index in [-0.39, 0.29) is 0 Å². The number of hydrogen-bond acceptors (Lipinski definition) is 7. The minimum atomic E-state index is 0.599. The lowest BCUT2D eigenvalue weighted by Gasteiger charge is -2.08. The molecule has 28 heavy (non-hydrogen) atoms. The molecule has 140 valence electrons. The molecule has 0 bridgehead atoms. The van der Waals surface area contributed by atoms with Crippen LogP contribution in [0.1, 0.15) is 18.9 Å². The molecule has 0 unspecified atom stereocenters. The third kappa shape index (κ3) is 3.80. The number of benzene rings is 1. The average molecular weight is 372 g/mol. The van der Waals surface area contributed by atoms with Crippen LogP contribution in [0, 0.1) is 0 Å². The van der Waals surface area contributed by atoms with Crippen LogP contribution in [0.15, 0.2) is 66.4 Å². The van der Waals surface area contributed by atoms with Gasteiger partial charge in [0.15, 0.2) is 11.5 Å². The molecule has 8 heteroatoms. The first-order valence-corrected chi connectivity index (χ1v) is 9.07. The lowest BCUT2D eigenvalue weighted by Crippen LogP contribution is -2.02. The number of anilines is 2. The molecule has 0 atom stereocenters. The fourth-order valence-corrected chi connectivity index (χ4v) is 2.76. The zero-order chi connectivity index (χ0) is 19.2. The number of hydrazone groups is 1. The first-order chi connectivity index (χ1) is 13.8. The van der Waals surface area contributed by atoms with E-state index in [1.54, 1.807) is 29.5 Å². The second kappa shape index (κ2) is 8.26. The van der Waals surface area contributed by atoms with E-state index >= 15 is 0 Å². The Hall–Kier alpha value is -3.81. The minimum Gasteiger partial charge on any atom is -0.385 e. The van der Waals surface area contributed by atoms with Gasteiger partial charge in [-0.1, -0.05) is 13.0 Å². The molecule has 0 amide bonds. The molecular formula is C20H20N8. The number of pyridine rings is 1. The van der Waals surface area contributed by atoms with Crippen molar-refractivity contribution in [1.82, 2.24) is 24.7 Å². The van der Waals surface area contributed by atoms with Crippen molar-refractivity contribution in [2.75, 3.05) is 17.3 Å². The Kier molecular flexibility index (Phi) is 5.19. The summed E-state index contributed by atoms with van der Waals surface area (Å²) in [6, 6.07) is 11.8. The second-order valence-electron chi connectivity index (χ2n) is 6.14. The Morgan fingerprint density at radius 1 is 1.14 bits per heavy atom. The van der Waals surface area contributed by atoms with Gasteiger partial charge in [0.1, 0.15) is 6.33 Å². The maximum absolute atomic E-state index is 4.50. The predicted molar refractivity (Wildman–Crippen MR) is 111 cm³/mol. The first kappa shape index (κ1) is 17.6. The molecule has 0 spiro atoms. The summed E-state index contributed by atoms with van der Waals surface area (Å²) in [5.41, 5.74) is 6.61. The highest BCUT2D eigenvalue weighted by Gasteiger charge is 2.11. The normalized spacial score (nSPS) is 11.2. The third-order valence-electron chi connectivity index (χ3n) is 4.13. The molecule has 1 aromatic carbocycles. The summed E-state index contributed by atoms with van der Waals surface area (Å²) in [4.78, 5) is 12.7. The second-order valence-corrected chi connectivity index (χ2v) is 6.14. The Balaban J connectivity index is 1.61. The summed E-state index contributed by atoms with van der Waals surface area (Å²) in [6.45, 7) is 3.06. The van der Waals surface area contributed by atoms with E-state index in [2.05, 4.69) is 48.9 Å². The van der Waals surface area contributed by atoms with E-state index in [1.165, 1.54) is 6.33 Å². The topological polar surface area (TPSA) is 92.9 Å². The van der Waals surface area contributed by atoms with Crippen molar-refractivity contribution in [1.29, 1.82) is 0 Å². The molecule has 0 fully saturated rings. The van der Waals surface area contributed by atoms with E-state index in [9.17, 15) is 0 Å². The summed E-state index contributed by atoms with van der Waals surface area (Å²) in [5.74, 6) is 0.599. The van der Waals surface area contributed by atoms with Gasteiger partial charge in [-0.25, -0.2) is 14.6 Å². The van der Waals surface area contributed by atoms with Gasteiger partial charge in [-0.15, -0.1) is 0 Å². The van der Waals surface area contributed by atoms with Crippen LogP contribution in [0.5, 0.6) is 0 Å². The van der Waals surface area contributed by atoms with E-state index in [0.29, 0.717) is 11.5 Å². The van der Waals surface area contributed by atoms with Crippen LogP contribution in [-0.4, -0.2) is 37.5 Å². The van der Waals surface area contributed by atoms with Gasteiger partial charge in [0, 0.05) is 24.6 Å². The van der Waals surface area contributed by atoms with Crippen LogP contribution in [0.3, 0.4) is 0 Å². The summed E-state index contributed by atoms with van der Waals surface area (Å²) >= 11 is 0. The number of nitrogens with one attached hydrogen (secondary N) is 2. The maximum Gasteiger partial charge on any atom is 0.168 e. The molecule has 0 saturated heterocycles. The van der Waals surface area contributed by atoms with Gasteiger partial charge in [0.25, 0.3) is 0 Å². The summed E-state index contributed by atoms with van der Waals surface area (Å²) < 4.78 is 1.80. The van der Waals surface area contributed by atoms with Gasteiger partial charge < -0.3 is 5.32 Å². The van der Waals surface area contributed by atoms with Crippen LogP contribution in [0.25, 0.3) is 16.7 Å². The van der Waals surface area contributed by atoms with E-state index in [0.717, 1.165) is 35.3 Å². The molecule has 0 saturated carbocycles. The summed E-state index contributed by atoms with van der Waals surface area (Å²) in [6.07, 6.45) is 9.46. The molecule has 3 heterocycles.